The van der Waals surface area contributed by atoms with Crippen LogP contribution in [-0.4, -0.2) is 23.4 Å². The topological polar surface area (TPSA) is 100 Å². The zero-order valence-corrected chi connectivity index (χ0v) is 21.1. The molecule has 0 fully saturated rings. The number of halogens is 1. The van der Waals surface area contributed by atoms with E-state index in [4.69, 9.17) is 14.2 Å². The number of esters is 1. The summed E-state index contributed by atoms with van der Waals surface area (Å²) in [5, 5.41) is 11.0. The second-order valence-electron chi connectivity index (χ2n) is 7.65. The van der Waals surface area contributed by atoms with Gasteiger partial charge in [0.2, 0.25) is 5.90 Å². The van der Waals surface area contributed by atoms with E-state index in [9.17, 15) is 14.9 Å². The summed E-state index contributed by atoms with van der Waals surface area (Å²) in [6, 6.07) is 17.9. The van der Waals surface area contributed by atoms with E-state index in [-0.39, 0.29) is 17.3 Å². The van der Waals surface area contributed by atoms with Crippen LogP contribution in [0.5, 0.6) is 11.5 Å². The maximum Gasteiger partial charge on any atom is 0.363 e. The minimum absolute atomic E-state index is 0.0118. The molecule has 35 heavy (non-hydrogen) atoms. The van der Waals surface area contributed by atoms with E-state index in [1.165, 1.54) is 12.1 Å². The van der Waals surface area contributed by atoms with E-state index < -0.39 is 10.9 Å². The summed E-state index contributed by atoms with van der Waals surface area (Å²) < 4.78 is 18.2. The first-order valence-corrected chi connectivity index (χ1v) is 11.8. The van der Waals surface area contributed by atoms with Gasteiger partial charge in [-0.3, -0.25) is 10.1 Å². The van der Waals surface area contributed by atoms with Crippen LogP contribution in [0, 0.1) is 20.6 Å². The number of benzene rings is 3. The highest BCUT2D eigenvalue weighted by Crippen LogP contribution is 2.31. The van der Waals surface area contributed by atoms with Crippen LogP contribution in [-0.2, 0) is 16.1 Å². The van der Waals surface area contributed by atoms with E-state index in [0.29, 0.717) is 41.4 Å². The van der Waals surface area contributed by atoms with Crippen molar-refractivity contribution in [1.29, 1.82) is 0 Å². The Balaban J connectivity index is 1.56. The molecule has 1 aliphatic heterocycles. The minimum atomic E-state index is -0.604. The first-order valence-electron chi connectivity index (χ1n) is 10.8. The Kier molecular flexibility index (Phi) is 7.45. The Bertz CT molecular complexity index is 1350. The van der Waals surface area contributed by atoms with E-state index in [1.807, 2.05) is 31.2 Å². The zero-order chi connectivity index (χ0) is 24.9. The van der Waals surface area contributed by atoms with Crippen molar-refractivity contribution < 1.29 is 23.9 Å². The average Bonchev–Trinajstić information content (AvgIpc) is 3.19. The number of cyclic esters (lactones) is 1. The van der Waals surface area contributed by atoms with Crippen LogP contribution < -0.4 is 9.47 Å². The van der Waals surface area contributed by atoms with Gasteiger partial charge in [0.25, 0.3) is 5.69 Å². The average molecular weight is 584 g/mol. The first kappa shape index (κ1) is 24.4. The Labute approximate surface area is 215 Å². The van der Waals surface area contributed by atoms with Crippen LogP contribution >= 0.6 is 22.6 Å². The van der Waals surface area contributed by atoms with Gasteiger partial charge in [-0.1, -0.05) is 18.2 Å². The van der Waals surface area contributed by atoms with Gasteiger partial charge in [-0.15, -0.1) is 0 Å². The highest BCUT2D eigenvalue weighted by Gasteiger charge is 2.25. The van der Waals surface area contributed by atoms with Gasteiger partial charge < -0.3 is 14.2 Å². The number of rotatable bonds is 8. The van der Waals surface area contributed by atoms with Gasteiger partial charge in [0.05, 0.1) is 11.5 Å². The summed E-state index contributed by atoms with van der Waals surface area (Å²) in [6.07, 6.45) is 1.60. The van der Waals surface area contributed by atoms with Gasteiger partial charge in [-0.25, -0.2) is 9.79 Å². The molecule has 0 aliphatic carbocycles. The van der Waals surface area contributed by atoms with Gasteiger partial charge in [-0.2, -0.15) is 0 Å². The summed E-state index contributed by atoms with van der Waals surface area (Å²) >= 11 is 2.25. The molecule has 0 spiro atoms. The smallest absolute Gasteiger partial charge is 0.363 e. The fourth-order valence-corrected chi connectivity index (χ4v) is 3.79. The normalized spacial score (nSPS) is 14.0. The number of carbonyl (C=O) groups excluding carboxylic acids is 1. The van der Waals surface area contributed by atoms with Gasteiger partial charge in [0, 0.05) is 20.8 Å². The van der Waals surface area contributed by atoms with Crippen LogP contribution in [0.3, 0.4) is 0 Å². The second kappa shape index (κ2) is 10.7. The van der Waals surface area contributed by atoms with Crippen molar-refractivity contribution >= 4 is 46.2 Å². The predicted molar refractivity (Wildman–Crippen MR) is 140 cm³/mol. The van der Waals surface area contributed by atoms with E-state index in [1.54, 1.807) is 37.3 Å². The van der Waals surface area contributed by atoms with Crippen molar-refractivity contribution in [3.63, 3.8) is 0 Å². The molecule has 3 aromatic carbocycles. The molecular formula is C26H21IN2O6. The van der Waals surface area contributed by atoms with Crippen LogP contribution in [0.4, 0.5) is 5.69 Å². The molecule has 8 nitrogen and oxygen atoms in total. The number of carbonyl (C=O) groups is 1. The lowest BCUT2D eigenvalue weighted by Crippen LogP contribution is -2.06. The van der Waals surface area contributed by atoms with Crippen molar-refractivity contribution in [2.24, 2.45) is 4.99 Å². The lowest BCUT2D eigenvalue weighted by Gasteiger charge is -2.13. The molecule has 0 aromatic heterocycles. The lowest BCUT2D eigenvalue weighted by molar-refractivity contribution is -0.385. The fourth-order valence-electron chi connectivity index (χ4n) is 3.43. The summed E-state index contributed by atoms with van der Waals surface area (Å²) in [4.78, 5) is 27.3. The molecule has 0 radical (unpaired) electrons. The predicted octanol–water partition coefficient (Wildman–Crippen LogP) is 5.83. The number of nitro benzene ring substituents is 1. The number of hydrogen-bond donors (Lipinski definition) is 0. The summed E-state index contributed by atoms with van der Waals surface area (Å²) in [6.45, 7) is 4.34. The van der Waals surface area contributed by atoms with Gasteiger partial charge in [0.1, 0.15) is 6.61 Å². The Morgan fingerprint density at radius 2 is 1.83 bits per heavy atom. The molecule has 0 unspecified atom stereocenters. The van der Waals surface area contributed by atoms with Crippen molar-refractivity contribution in [1.82, 2.24) is 0 Å². The molecule has 0 bridgehead atoms. The largest absolute Gasteiger partial charge is 0.490 e. The van der Waals surface area contributed by atoms with Crippen LogP contribution in [0.2, 0.25) is 0 Å². The Hall–Kier alpha value is -3.73. The molecule has 4 rings (SSSR count). The van der Waals surface area contributed by atoms with Crippen LogP contribution in [0.1, 0.15) is 29.2 Å². The number of nitro groups is 1. The highest BCUT2D eigenvalue weighted by atomic mass is 127. The zero-order valence-electron chi connectivity index (χ0n) is 19.0. The number of ether oxygens (including phenoxy) is 3. The molecule has 0 atom stereocenters. The standard InChI is InChI=1S/C26H21IN2O6/c1-3-33-24-14-18(6-11-23(24)34-15-17-4-8-20(27)9-5-17)13-21-26(30)35-25(28-21)19-7-10-22(29(31)32)16(2)12-19/h4-14H,3,15H2,1-2H3/b21-13-. The molecule has 3 aromatic rings. The molecule has 0 saturated carbocycles. The van der Waals surface area contributed by atoms with E-state index in [0.717, 1.165) is 9.13 Å². The molecule has 0 amide bonds. The molecule has 1 heterocycles. The fraction of sp³-hybridized carbons (Fsp3) is 0.154. The second-order valence-corrected chi connectivity index (χ2v) is 8.89. The lowest BCUT2D eigenvalue weighted by atomic mass is 10.1. The molecular weight excluding hydrogens is 563 g/mol. The van der Waals surface area contributed by atoms with Crippen LogP contribution in [0.25, 0.3) is 6.08 Å². The van der Waals surface area contributed by atoms with Gasteiger partial charge >= 0.3 is 5.97 Å². The third-order valence-electron chi connectivity index (χ3n) is 5.14. The Morgan fingerprint density at radius 3 is 2.51 bits per heavy atom. The van der Waals surface area contributed by atoms with Crippen molar-refractivity contribution in [2.75, 3.05) is 6.61 Å². The maximum atomic E-state index is 12.4. The number of hydrogen-bond acceptors (Lipinski definition) is 7. The number of nitrogens with zero attached hydrogens (tertiary/aromatic N) is 2. The Morgan fingerprint density at radius 1 is 1.06 bits per heavy atom. The van der Waals surface area contributed by atoms with Gasteiger partial charge in [0.15, 0.2) is 17.2 Å². The molecule has 0 N–H and O–H groups in total. The number of aliphatic imine (C=N–C) groups is 1. The summed E-state index contributed by atoms with van der Waals surface area (Å²) in [5.74, 6) is 0.635. The molecule has 9 heteroatoms. The molecule has 1 aliphatic rings. The monoisotopic (exact) mass is 584 g/mol. The van der Waals surface area contributed by atoms with Crippen LogP contribution in [0.15, 0.2) is 71.4 Å². The summed E-state index contributed by atoms with van der Waals surface area (Å²) in [7, 11) is 0. The van der Waals surface area contributed by atoms with E-state index >= 15 is 0 Å². The minimum Gasteiger partial charge on any atom is -0.490 e. The molecule has 0 saturated heterocycles. The molecule has 178 valence electrons. The van der Waals surface area contributed by atoms with E-state index in [2.05, 4.69) is 27.6 Å². The summed E-state index contributed by atoms with van der Waals surface area (Å²) in [5.41, 5.74) is 2.77. The van der Waals surface area contributed by atoms with Crippen molar-refractivity contribution in [3.05, 3.63) is 102 Å². The van der Waals surface area contributed by atoms with Gasteiger partial charge in [-0.05, 0) is 90.0 Å². The number of aryl methyl sites for hydroxylation is 1. The highest BCUT2D eigenvalue weighted by molar-refractivity contribution is 14.1. The third kappa shape index (κ3) is 5.86. The third-order valence-corrected chi connectivity index (χ3v) is 5.86. The SMILES string of the molecule is CCOc1cc(/C=C2\N=C(c3ccc([N+](=O)[O-])c(C)c3)OC2=O)ccc1OCc1ccc(I)cc1. The van der Waals surface area contributed by atoms with Crippen molar-refractivity contribution in [3.8, 4) is 11.5 Å². The first-order chi connectivity index (χ1) is 16.8. The van der Waals surface area contributed by atoms with Crippen molar-refractivity contribution in [2.45, 2.75) is 20.5 Å². The quantitative estimate of drug-likeness (QED) is 0.109. The maximum absolute atomic E-state index is 12.4.